The van der Waals surface area contributed by atoms with Crippen LogP contribution in [0.4, 0.5) is 5.82 Å². The van der Waals surface area contributed by atoms with E-state index in [1.165, 1.54) is 18.4 Å². The third kappa shape index (κ3) is 4.55. The van der Waals surface area contributed by atoms with Gasteiger partial charge < -0.3 is 9.84 Å². The van der Waals surface area contributed by atoms with Gasteiger partial charge in [-0.05, 0) is 37.2 Å². The van der Waals surface area contributed by atoms with Crippen molar-refractivity contribution in [2.24, 2.45) is 5.92 Å². The van der Waals surface area contributed by atoms with Gasteiger partial charge in [0.25, 0.3) is 0 Å². The summed E-state index contributed by atoms with van der Waals surface area (Å²) < 4.78 is 7.23. The first-order chi connectivity index (χ1) is 14.0. The van der Waals surface area contributed by atoms with E-state index in [1.807, 2.05) is 22.9 Å². The third-order valence-electron chi connectivity index (χ3n) is 5.50. The third-order valence-corrected chi connectivity index (χ3v) is 5.50. The summed E-state index contributed by atoms with van der Waals surface area (Å²) in [5.41, 5.74) is 2.18. The highest BCUT2D eigenvalue weighted by Gasteiger charge is 2.30. The minimum atomic E-state index is -0.0872. The number of hydrogen-bond donors (Lipinski definition) is 1. The highest BCUT2D eigenvalue weighted by molar-refractivity contribution is 5.89. The number of carbonyl (C=O) groups excluding carboxylic acids is 1. The van der Waals surface area contributed by atoms with Crippen molar-refractivity contribution >= 4 is 11.7 Å². The molecule has 1 aromatic carbocycles. The number of hydrogen-bond acceptors (Lipinski definition) is 5. The van der Waals surface area contributed by atoms with Gasteiger partial charge in [-0.15, -0.1) is 0 Å². The molecule has 29 heavy (non-hydrogen) atoms. The number of amides is 1. The van der Waals surface area contributed by atoms with E-state index in [2.05, 4.69) is 53.5 Å². The fourth-order valence-electron chi connectivity index (χ4n) is 3.43. The van der Waals surface area contributed by atoms with E-state index in [4.69, 9.17) is 4.52 Å². The zero-order valence-corrected chi connectivity index (χ0v) is 17.1. The van der Waals surface area contributed by atoms with Crippen LogP contribution >= 0.6 is 0 Å². The van der Waals surface area contributed by atoms with Gasteiger partial charge in [0, 0.05) is 24.5 Å². The molecule has 1 fully saturated rings. The van der Waals surface area contributed by atoms with Crippen molar-refractivity contribution in [2.75, 3.05) is 5.32 Å². The Balaban J connectivity index is 1.33. The van der Waals surface area contributed by atoms with Crippen LogP contribution in [0.3, 0.4) is 0 Å². The molecular weight excluding hydrogens is 366 g/mol. The molecule has 1 aliphatic rings. The Morgan fingerprint density at radius 3 is 2.66 bits per heavy atom. The van der Waals surface area contributed by atoms with Crippen LogP contribution in [-0.2, 0) is 11.2 Å². The van der Waals surface area contributed by atoms with E-state index in [9.17, 15) is 4.79 Å². The quantitative estimate of drug-likeness (QED) is 0.604. The maximum Gasteiger partial charge on any atom is 0.227 e. The summed E-state index contributed by atoms with van der Waals surface area (Å²) in [6.07, 6.45) is 4.86. The molecule has 7 heteroatoms. The van der Waals surface area contributed by atoms with E-state index in [0.717, 1.165) is 11.4 Å². The molecule has 0 saturated heterocycles. The average Bonchev–Trinajstić information content (AvgIpc) is 3.29. The lowest BCUT2D eigenvalue weighted by Crippen LogP contribution is -2.18. The van der Waals surface area contributed by atoms with E-state index in [1.54, 1.807) is 6.20 Å². The molecule has 0 spiro atoms. The van der Waals surface area contributed by atoms with Gasteiger partial charge in [-0.25, -0.2) is 4.68 Å². The fourth-order valence-corrected chi connectivity index (χ4v) is 3.43. The molecule has 0 aliphatic heterocycles. The van der Waals surface area contributed by atoms with Crippen molar-refractivity contribution in [1.82, 2.24) is 19.9 Å². The number of carbonyl (C=O) groups is 1. The molecule has 7 nitrogen and oxygen atoms in total. The van der Waals surface area contributed by atoms with Gasteiger partial charge in [0.2, 0.25) is 17.6 Å². The van der Waals surface area contributed by atoms with Crippen LogP contribution < -0.4 is 5.32 Å². The zero-order chi connectivity index (χ0) is 20.4. The summed E-state index contributed by atoms with van der Waals surface area (Å²) in [5.74, 6) is 2.81. The molecular formula is C22H27N5O2. The second kappa shape index (κ2) is 8.19. The van der Waals surface area contributed by atoms with Gasteiger partial charge in [-0.3, -0.25) is 4.79 Å². The first kappa shape index (κ1) is 19.4. The van der Waals surface area contributed by atoms with Crippen molar-refractivity contribution in [1.29, 1.82) is 0 Å². The number of aryl methyl sites for hydroxylation is 1. The van der Waals surface area contributed by atoms with Crippen molar-refractivity contribution < 1.29 is 9.32 Å². The van der Waals surface area contributed by atoms with Crippen molar-refractivity contribution in [3.8, 4) is 11.4 Å². The van der Waals surface area contributed by atoms with Crippen LogP contribution in [-0.4, -0.2) is 25.8 Å². The predicted octanol–water partition coefficient (Wildman–Crippen LogP) is 4.60. The molecule has 1 atom stereocenters. The molecule has 152 valence electrons. The molecule has 4 rings (SSSR count). The molecule has 2 aromatic heterocycles. The van der Waals surface area contributed by atoms with Crippen LogP contribution in [0.2, 0.25) is 0 Å². The summed E-state index contributed by atoms with van der Waals surface area (Å²) in [7, 11) is 0. The number of benzene rings is 1. The summed E-state index contributed by atoms with van der Waals surface area (Å²) in [6.45, 7) is 6.46. The lowest BCUT2D eigenvalue weighted by atomic mass is 10.0. The van der Waals surface area contributed by atoms with Gasteiger partial charge >= 0.3 is 0 Å². The van der Waals surface area contributed by atoms with Gasteiger partial charge in [0.05, 0.1) is 12.2 Å². The highest BCUT2D eigenvalue weighted by atomic mass is 16.5. The topological polar surface area (TPSA) is 85.8 Å². The monoisotopic (exact) mass is 393 g/mol. The lowest BCUT2D eigenvalue weighted by molar-refractivity contribution is -0.116. The number of nitrogens with zero attached hydrogens (tertiary/aromatic N) is 4. The average molecular weight is 393 g/mol. The SMILES string of the molecule is CC(C)c1ccc(-c2noc(CCC(=O)Nc3ccnn3C(C)C3CC3)n2)cc1. The first-order valence-electron chi connectivity index (χ1n) is 10.3. The van der Waals surface area contributed by atoms with Gasteiger partial charge in [-0.2, -0.15) is 10.1 Å². The van der Waals surface area contributed by atoms with Gasteiger partial charge in [0.1, 0.15) is 5.82 Å². The summed E-state index contributed by atoms with van der Waals surface area (Å²) >= 11 is 0. The molecule has 0 radical (unpaired) electrons. The van der Waals surface area contributed by atoms with E-state index in [-0.39, 0.29) is 12.3 Å². The summed E-state index contributed by atoms with van der Waals surface area (Å²) in [6, 6.07) is 10.3. The molecule has 1 amide bonds. The summed E-state index contributed by atoms with van der Waals surface area (Å²) in [5, 5.41) is 11.4. The Morgan fingerprint density at radius 1 is 1.21 bits per heavy atom. The van der Waals surface area contributed by atoms with E-state index < -0.39 is 0 Å². The zero-order valence-electron chi connectivity index (χ0n) is 17.1. The van der Waals surface area contributed by atoms with Gasteiger partial charge in [-0.1, -0.05) is 43.3 Å². The Kier molecular flexibility index (Phi) is 5.47. The second-order valence-corrected chi connectivity index (χ2v) is 8.08. The molecule has 2 heterocycles. The van der Waals surface area contributed by atoms with Crippen LogP contribution in [0.5, 0.6) is 0 Å². The maximum atomic E-state index is 12.4. The number of anilines is 1. The Bertz CT molecular complexity index is 969. The summed E-state index contributed by atoms with van der Waals surface area (Å²) in [4.78, 5) is 16.8. The minimum Gasteiger partial charge on any atom is -0.339 e. The molecule has 1 saturated carbocycles. The van der Waals surface area contributed by atoms with Crippen LogP contribution in [0.25, 0.3) is 11.4 Å². The number of aromatic nitrogens is 4. The number of nitrogens with one attached hydrogen (secondary N) is 1. The highest BCUT2D eigenvalue weighted by Crippen LogP contribution is 2.40. The predicted molar refractivity (Wildman–Crippen MR) is 110 cm³/mol. The van der Waals surface area contributed by atoms with Crippen molar-refractivity contribution in [2.45, 2.75) is 58.4 Å². The smallest absolute Gasteiger partial charge is 0.227 e. The standard InChI is InChI=1S/C22H27N5O2/c1-14(2)16-4-8-18(9-5-16)22-25-21(29-26-22)11-10-20(28)24-19-12-13-23-27(19)15(3)17-6-7-17/h4-5,8-9,12-15,17H,6-7,10-11H2,1-3H3,(H,24,28). The molecule has 1 unspecified atom stereocenters. The normalized spacial score (nSPS) is 14.9. The van der Waals surface area contributed by atoms with Crippen LogP contribution in [0.1, 0.15) is 63.4 Å². The first-order valence-corrected chi connectivity index (χ1v) is 10.3. The second-order valence-electron chi connectivity index (χ2n) is 8.08. The van der Waals surface area contributed by atoms with Crippen molar-refractivity contribution in [3.05, 3.63) is 48.0 Å². The van der Waals surface area contributed by atoms with E-state index >= 15 is 0 Å². The van der Waals surface area contributed by atoms with Crippen LogP contribution in [0.15, 0.2) is 41.1 Å². The largest absolute Gasteiger partial charge is 0.339 e. The van der Waals surface area contributed by atoms with Gasteiger partial charge in [0.15, 0.2) is 0 Å². The minimum absolute atomic E-state index is 0.0872. The Morgan fingerprint density at radius 2 is 1.97 bits per heavy atom. The van der Waals surface area contributed by atoms with Crippen LogP contribution in [0, 0.1) is 5.92 Å². The Hall–Kier alpha value is -2.96. The molecule has 1 aliphatic carbocycles. The maximum absolute atomic E-state index is 12.4. The van der Waals surface area contributed by atoms with Crippen molar-refractivity contribution in [3.63, 3.8) is 0 Å². The molecule has 3 aromatic rings. The lowest BCUT2D eigenvalue weighted by Gasteiger charge is -2.15. The fraction of sp³-hybridized carbons (Fsp3) is 0.455. The molecule has 1 N–H and O–H groups in total. The molecule has 0 bridgehead atoms. The number of rotatable bonds is 8. The van der Waals surface area contributed by atoms with E-state index in [0.29, 0.717) is 36.0 Å². The Labute approximate surface area is 170 Å².